The van der Waals surface area contributed by atoms with Crippen molar-refractivity contribution in [3.63, 3.8) is 0 Å². The quantitative estimate of drug-likeness (QED) is 0.228. The summed E-state index contributed by atoms with van der Waals surface area (Å²) in [5.74, 6) is -2.71. The third-order valence-electron chi connectivity index (χ3n) is 5.11. The van der Waals surface area contributed by atoms with Gasteiger partial charge in [-0.2, -0.15) is 0 Å². The predicted molar refractivity (Wildman–Crippen MR) is 126 cm³/mol. The Balaban J connectivity index is 1.93. The van der Waals surface area contributed by atoms with Crippen LogP contribution < -0.4 is 4.90 Å². The number of thiazole rings is 1. The molecule has 1 unspecified atom stereocenters. The Labute approximate surface area is 202 Å². The molecule has 1 atom stereocenters. The molecule has 1 aliphatic heterocycles. The Kier molecular flexibility index (Phi) is 6.25. The number of aliphatic hydroxyl groups excluding tert-OH is 1. The van der Waals surface area contributed by atoms with E-state index in [0.29, 0.717) is 26.9 Å². The van der Waals surface area contributed by atoms with Crippen LogP contribution >= 0.6 is 34.5 Å². The molecule has 1 aromatic heterocycles. The molecule has 1 aliphatic rings. The molecule has 1 amide bonds. The molecule has 4 rings (SSSR count). The summed E-state index contributed by atoms with van der Waals surface area (Å²) in [6.07, 6.45) is 0. The van der Waals surface area contributed by atoms with Crippen molar-refractivity contribution in [3.05, 3.63) is 85.8 Å². The lowest BCUT2D eigenvalue weighted by Gasteiger charge is -2.23. The molecule has 10 heteroatoms. The summed E-state index contributed by atoms with van der Waals surface area (Å²) >= 11 is 12.9. The van der Waals surface area contributed by atoms with Gasteiger partial charge in [-0.05, 0) is 48.9 Å². The van der Waals surface area contributed by atoms with E-state index < -0.39 is 23.7 Å². The van der Waals surface area contributed by atoms with Gasteiger partial charge >= 0.3 is 11.9 Å². The molecule has 0 aliphatic carbocycles. The van der Waals surface area contributed by atoms with Crippen LogP contribution in [0.25, 0.3) is 5.76 Å². The van der Waals surface area contributed by atoms with Gasteiger partial charge in [0, 0.05) is 15.6 Å². The number of hydrogen-bond acceptors (Lipinski definition) is 7. The lowest BCUT2D eigenvalue weighted by Crippen LogP contribution is -2.29. The van der Waals surface area contributed by atoms with Crippen LogP contribution in [0.1, 0.15) is 32.5 Å². The number of Topliss-reactive ketones (excluding diaryl/α,β-unsaturated/α-hetero) is 1. The van der Waals surface area contributed by atoms with Crippen LogP contribution in [-0.4, -0.2) is 34.9 Å². The number of anilines is 1. The van der Waals surface area contributed by atoms with Gasteiger partial charge in [-0.1, -0.05) is 46.7 Å². The van der Waals surface area contributed by atoms with E-state index in [-0.39, 0.29) is 21.3 Å². The van der Waals surface area contributed by atoms with Gasteiger partial charge in [0.15, 0.2) is 5.13 Å². The van der Waals surface area contributed by atoms with Gasteiger partial charge in [0.1, 0.15) is 10.6 Å². The van der Waals surface area contributed by atoms with Crippen molar-refractivity contribution < 1.29 is 24.2 Å². The highest BCUT2D eigenvalue weighted by molar-refractivity contribution is 7.17. The average Bonchev–Trinajstić information content (AvgIpc) is 3.31. The molecular formula is C23H16Cl2N2O5S. The van der Waals surface area contributed by atoms with Crippen molar-refractivity contribution in [2.45, 2.75) is 13.0 Å². The number of carbonyl (C=O) groups excluding carboxylic acids is 3. The molecule has 3 aromatic rings. The van der Waals surface area contributed by atoms with Crippen molar-refractivity contribution >= 4 is 63.1 Å². The lowest BCUT2D eigenvalue weighted by atomic mass is 9.95. The zero-order valence-corrected chi connectivity index (χ0v) is 19.7. The third-order valence-corrected chi connectivity index (χ3v) is 6.75. The Morgan fingerprint density at radius 2 is 1.64 bits per heavy atom. The first-order chi connectivity index (χ1) is 15.7. The van der Waals surface area contributed by atoms with Crippen LogP contribution in [0.3, 0.4) is 0 Å². The van der Waals surface area contributed by atoms with Crippen molar-refractivity contribution in [3.8, 4) is 0 Å². The first-order valence-corrected chi connectivity index (χ1v) is 11.2. The standard InChI is InChI=1S/C23H16Cl2N2O5S/c1-11-20(22(31)32-2)33-23(26-11)27-17(12-3-7-14(24)8-4-12)16(19(29)21(27)30)18(28)13-5-9-15(25)10-6-13/h3-10,17,28H,1-2H3. The fourth-order valence-electron chi connectivity index (χ4n) is 3.52. The number of ether oxygens (including phenoxy) is 1. The third kappa shape index (κ3) is 4.13. The van der Waals surface area contributed by atoms with Crippen LogP contribution in [-0.2, 0) is 14.3 Å². The number of halogens is 2. The molecule has 1 fully saturated rings. The summed E-state index contributed by atoms with van der Waals surface area (Å²) in [7, 11) is 1.24. The normalized spacial score (nSPS) is 17.5. The molecule has 2 heterocycles. The smallest absolute Gasteiger partial charge is 0.350 e. The van der Waals surface area contributed by atoms with E-state index in [1.165, 1.54) is 12.0 Å². The van der Waals surface area contributed by atoms with E-state index in [1.54, 1.807) is 55.5 Å². The van der Waals surface area contributed by atoms with Gasteiger partial charge in [-0.15, -0.1) is 0 Å². The van der Waals surface area contributed by atoms with E-state index in [2.05, 4.69) is 4.98 Å². The minimum atomic E-state index is -0.992. The van der Waals surface area contributed by atoms with Crippen LogP contribution in [0.15, 0.2) is 54.1 Å². The Morgan fingerprint density at radius 1 is 1.06 bits per heavy atom. The highest BCUT2D eigenvalue weighted by Gasteiger charge is 2.48. The highest BCUT2D eigenvalue weighted by atomic mass is 35.5. The van der Waals surface area contributed by atoms with Gasteiger partial charge in [-0.3, -0.25) is 14.5 Å². The molecule has 7 nitrogen and oxygen atoms in total. The number of benzene rings is 2. The largest absolute Gasteiger partial charge is 0.507 e. The number of methoxy groups -OCH3 is 1. The Hall–Kier alpha value is -3.20. The molecule has 0 bridgehead atoms. The fraction of sp³-hybridized carbons (Fsp3) is 0.130. The zero-order chi connectivity index (χ0) is 23.9. The average molecular weight is 503 g/mol. The first-order valence-electron chi connectivity index (χ1n) is 9.61. The summed E-state index contributed by atoms with van der Waals surface area (Å²) in [5.41, 5.74) is 1.09. The van der Waals surface area contributed by atoms with E-state index in [9.17, 15) is 19.5 Å². The number of esters is 1. The minimum Gasteiger partial charge on any atom is -0.507 e. The molecule has 0 radical (unpaired) electrons. The predicted octanol–water partition coefficient (Wildman–Crippen LogP) is 5.17. The maximum atomic E-state index is 13.2. The van der Waals surface area contributed by atoms with Crippen LogP contribution in [0.4, 0.5) is 5.13 Å². The highest BCUT2D eigenvalue weighted by Crippen LogP contribution is 2.44. The van der Waals surface area contributed by atoms with Crippen molar-refractivity contribution in [2.75, 3.05) is 12.0 Å². The van der Waals surface area contributed by atoms with E-state index in [1.807, 2.05) is 0 Å². The van der Waals surface area contributed by atoms with Gasteiger partial charge in [0.25, 0.3) is 5.78 Å². The summed E-state index contributed by atoms with van der Waals surface area (Å²) in [5, 5.41) is 12.1. The van der Waals surface area contributed by atoms with Crippen molar-refractivity contribution in [1.29, 1.82) is 0 Å². The van der Waals surface area contributed by atoms with E-state index in [0.717, 1.165) is 11.3 Å². The molecule has 1 saturated heterocycles. The molecule has 0 saturated carbocycles. The van der Waals surface area contributed by atoms with Gasteiger partial charge < -0.3 is 9.84 Å². The summed E-state index contributed by atoms with van der Waals surface area (Å²) in [6, 6.07) is 11.8. The number of ketones is 1. The Morgan fingerprint density at radius 3 is 2.21 bits per heavy atom. The molecule has 2 aromatic carbocycles. The second kappa shape index (κ2) is 8.97. The van der Waals surface area contributed by atoms with Gasteiger partial charge in [0.05, 0.1) is 24.4 Å². The number of aryl methyl sites for hydroxylation is 1. The molecule has 168 valence electrons. The molecular weight excluding hydrogens is 487 g/mol. The fourth-order valence-corrected chi connectivity index (χ4v) is 4.78. The van der Waals surface area contributed by atoms with Crippen molar-refractivity contribution in [1.82, 2.24) is 4.98 Å². The van der Waals surface area contributed by atoms with Crippen molar-refractivity contribution in [2.24, 2.45) is 0 Å². The molecule has 0 spiro atoms. The lowest BCUT2D eigenvalue weighted by molar-refractivity contribution is -0.132. The number of rotatable bonds is 4. The molecule has 1 N–H and O–H groups in total. The molecule has 33 heavy (non-hydrogen) atoms. The summed E-state index contributed by atoms with van der Waals surface area (Å²) in [4.78, 5) is 44.1. The SMILES string of the molecule is COC(=O)c1sc(N2C(=O)C(=O)C(=C(O)c3ccc(Cl)cc3)C2c2ccc(Cl)cc2)nc1C. The minimum absolute atomic E-state index is 0.114. The number of aromatic nitrogens is 1. The second-order valence-electron chi connectivity index (χ2n) is 7.13. The van der Waals surface area contributed by atoms with Crippen LogP contribution in [0.5, 0.6) is 0 Å². The Bertz CT molecular complexity index is 1300. The maximum absolute atomic E-state index is 13.2. The van der Waals surface area contributed by atoms with E-state index in [4.69, 9.17) is 27.9 Å². The summed E-state index contributed by atoms with van der Waals surface area (Å²) < 4.78 is 4.78. The van der Waals surface area contributed by atoms with Gasteiger partial charge in [-0.25, -0.2) is 9.78 Å². The number of hydrogen-bond donors (Lipinski definition) is 1. The summed E-state index contributed by atoms with van der Waals surface area (Å²) in [6.45, 7) is 1.61. The van der Waals surface area contributed by atoms with Gasteiger partial charge in [0.2, 0.25) is 0 Å². The second-order valence-corrected chi connectivity index (χ2v) is 8.98. The topological polar surface area (TPSA) is 96.8 Å². The first kappa shape index (κ1) is 23.0. The van der Waals surface area contributed by atoms with E-state index >= 15 is 0 Å². The zero-order valence-electron chi connectivity index (χ0n) is 17.3. The van der Waals surface area contributed by atoms with Crippen LogP contribution in [0, 0.1) is 6.92 Å². The number of amides is 1. The van der Waals surface area contributed by atoms with Crippen LogP contribution in [0.2, 0.25) is 10.0 Å². The number of carbonyl (C=O) groups is 3. The maximum Gasteiger partial charge on any atom is 0.350 e. The monoisotopic (exact) mass is 502 g/mol. The number of nitrogens with zero attached hydrogens (tertiary/aromatic N) is 2. The number of aliphatic hydroxyl groups is 1.